The third-order valence-corrected chi connectivity index (χ3v) is 8.01. The van der Waals surface area contributed by atoms with E-state index in [1.54, 1.807) is 31.2 Å². The Labute approximate surface area is 267 Å². The van der Waals surface area contributed by atoms with Gasteiger partial charge < -0.3 is 34.9 Å². The summed E-state index contributed by atoms with van der Waals surface area (Å²) in [5, 5.41) is 25.7. The minimum atomic E-state index is -0.644. The highest BCUT2D eigenvalue weighted by molar-refractivity contribution is 5.91. The predicted octanol–water partition coefficient (Wildman–Crippen LogP) is 4.14. The molecule has 0 aliphatic carbocycles. The lowest BCUT2D eigenvalue weighted by molar-refractivity contribution is -0.384. The van der Waals surface area contributed by atoms with Crippen molar-refractivity contribution in [1.82, 2.24) is 10.2 Å². The van der Waals surface area contributed by atoms with Crippen molar-refractivity contribution in [3.05, 3.63) is 99.6 Å². The van der Waals surface area contributed by atoms with Crippen LogP contribution in [-0.2, 0) is 25.6 Å². The highest BCUT2D eigenvalue weighted by Crippen LogP contribution is 2.38. The molecular weight excluding hydrogens is 594 g/mol. The Kier molecular flexibility index (Phi) is 11.2. The van der Waals surface area contributed by atoms with Crippen LogP contribution in [0.25, 0.3) is 0 Å². The minimum absolute atomic E-state index is 0.0345. The van der Waals surface area contributed by atoms with E-state index in [-0.39, 0.29) is 37.7 Å². The Hall–Kier alpha value is -4.56. The van der Waals surface area contributed by atoms with Gasteiger partial charge in [0.2, 0.25) is 0 Å². The Morgan fingerprint density at radius 1 is 0.957 bits per heavy atom. The zero-order valence-corrected chi connectivity index (χ0v) is 25.7. The van der Waals surface area contributed by atoms with Crippen LogP contribution in [-0.4, -0.2) is 78.9 Å². The molecule has 13 nitrogen and oxygen atoms in total. The third-order valence-electron chi connectivity index (χ3n) is 8.01. The third kappa shape index (κ3) is 8.79. The van der Waals surface area contributed by atoms with Crippen molar-refractivity contribution in [3.63, 3.8) is 0 Å². The molecule has 0 spiro atoms. The van der Waals surface area contributed by atoms with E-state index in [4.69, 9.17) is 14.2 Å². The Morgan fingerprint density at radius 3 is 2.26 bits per heavy atom. The van der Waals surface area contributed by atoms with E-state index in [0.29, 0.717) is 18.7 Å². The number of carbonyl (C=O) groups excluding carboxylic acids is 2. The summed E-state index contributed by atoms with van der Waals surface area (Å²) in [7, 11) is 0. The number of benzene rings is 3. The maximum atomic E-state index is 12.2. The highest BCUT2D eigenvalue weighted by atomic mass is 16.7. The molecule has 3 aromatic rings. The van der Waals surface area contributed by atoms with Gasteiger partial charge >= 0.3 is 12.0 Å². The van der Waals surface area contributed by atoms with Gasteiger partial charge in [-0.2, -0.15) is 0 Å². The zero-order chi connectivity index (χ0) is 32.5. The van der Waals surface area contributed by atoms with Crippen LogP contribution >= 0.6 is 0 Å². The molecule has 3 aromatic carbocycles. The zero-order valence-electron chi connectivity index (χ0n) is 25.7. The van der Waals surface area contributed by atoms with Gasteiger partial charge in [-0.25, -0.2) is 4.79 Å². The largest absolute Gasteiger partial charge is 0.465 e. The van der Waals surface area contributed by atoms with Gasteiger partial charge in [0.25, 0.3) is 5.69 Å². The molecule has 3 N–H and O–H groups in total. The number of aliphatic hydroxyl groups is 1. The average Bonchev–Trinajstić information content (AvgIpc) is 3.08. The quantitative estimate of drug-likeness (QED) is 0.159. The molecular formula is C33H39N5O8. The molecule has 13 heteroatoms. The van der Waals surface area contributed by atoms with Crippen molar-refractivity contribution in [3.8, 4) is 0 Å². The molecule has 2 saturated heterocycles. The second-order valence-electron chi connectivity index (χ2n) is 11.1. The van der Waals surface area contributed by atoms with Crippen molar-refractivity contribution in [2.75, 3.05) is 56.1 Å². The molecule has 0 aromatic heterocycles. The Balaban J connectivity index is 1.22. The summed E-state index contributed by atoms with van der Waals surface area (Å²) in [5.74, 6) is -0.513. The monoisotopic (exact) mass is 633 g/mol. The van der Waals surface area contributed by atoms with E-state index < -0.39 is 23.2 Å². The van der Waals surface area contributed by atoms with E-state index in [2.05, 4.69) is 20.4 Å². The predicted molar refractivity (Wildman–Crippen MR) is 170 cm³/mol. The van der Waals surface area contributed by atoms with Crippen LogP contribution in [0, 0.1) is 10.1 Å². The molecule has 46 heavy (non-hydrogen) atoms. The molecule has 2 amide bonds. The normalized spacial score (nSPS) is 20.1. The lowest BCUT2D eigenvalue weighted by Crippen LogP contribution is -2.49. The number of urea groups is 1. The summed E-state index contributed by atoms with van der Waals surface area (Å²) in [6.07, 6.45) is -0.352. The van der Waals surface area contributed by atoms with Crippen molar-refractivity contribution >= 4 is 29.1 Å². The molecule has 0 unspecified atom stereocenters. The molecule has 2 aliphatic heterocycles. The average molecular weight is 634 g/mol. The fraction of sp³-hybridized carbons (Fsp3) is 0.394. The number of rotatable bonds is 11. The summed E-state index contributed by atoms with van der Waals surface area (Å²) in [4.78, 5) is 38.9. The molecule has 2 aliphatic rings. The van der Waals surface area contributed by atoms with Gasteiger partial charge in [0.1, 0.15) is 6.54 Å². The molecule has 3 atom stereocenters. The lowest BCUT2D eigenvalue weighted by atomic mass is 9.99. The number of nitro groups is 1. The number of non-ortho nitro benzene ring substituents is 1. The standard InChI is InChI=1S/C33H39N5O8/c1-2-44-31(40)20-34-33(41)35-26-9-7-25(8-10-26)32-45-29(19-30(46-32)24-5-3-23(22-39)4-6-24)21-36-15-17-37(18-16-36)27-11-13-28(14-12-27)38(42)43/h3-14,29-30,32,39H,2,15-22H2,1H3,(H2,34,35,41)/t29-,30+,32+/m1/s1. The molecule has 5 rings (SSSR count). The van der Waals surface area contributed by atoms with Gasteiger partial charge in [0.05, 0.1) is 30.3 Å². The van der Waals surface area contributed by atoms with Crippen molar-refractivity contribution in [2.24, 2.45) is 0 Å². The van der Waals surface area contributed by atoms with Crippen LogP contribution < -0.4 is 15.5 Å². The topological polar surface area (TPSA) is 156 Å². The number of ether oxygens (including phenoxy) is 3. The first-order chi connectivity index (χ1) is 22.3. The van der Waals surface area contributed by atoms with Crippen LogP contribution in [0.4, 0.5) is 21.9 Å². The second-order valence-corrected chi connectivity index (χ2v) is 11.1. The summed E-state index contributed by atoms with van der Waals surface area (Å²) >= 11 is 0. The van der Waals surface area contributed by atoms with Crippen molar-refractivity contribution < 1.29 is 33.8 Å². The highest BCUT2D eigenvalue weighted by Gasteiger charge is 2.34. The number of amides is 2. The molecule has 0 bridgehead atoms. The number of hydrogen-bond donors (Lipinski definition) is 3. The van der Waals surface area contributed by atoms with Gasteiger partial charge in [-0.15, -0.1) is 0 Å². The maximum Gasteiger partial charge on any atom is 0.325 e. The lowest BCUT2D eigenvalue weighted by Gasteiger charge is -2.41. The smallest absolute Gasteiger partial charge is 0.325 e. The number of piperazine rings is 1. The SMILES string of the molecule is CCOC(=O)CNC(=O)Nc1ccc([C@H]2O[C@@H](CN3CCN(c4ccc([N+](=O)[O-])cc4)CC3)C[C@@H](c3ccc(CO)cc3)O2)cc1. The summed E-state index contributed by atoms with van der Waals surface area (Å²) in [6, 6.07) is 21.0. The first-order valence-corrected chi connectivity index (χ1v) is 15.3. The second kappa shape index (κ2) is 15.6. The van der Waals surface area contributed by atoms with Gasteiger partial charge in [-0.05, 0) is 42.3 Å². The molecule has 244 valence electrons. The van der Waals surface area contributed by atoms with Crippen LogP contribution in [0.1, 0.15) is 42.4 Å². The number of aliphatic hydroxyl groups excluding tert-OH is 1. The van der Waals surface area contributed by atoms with Crippen LogP contribution in [0.2, 0.25) is 0 Å². The number of carbonyl (C=O) groups is 2. The first-order valence-electron chi connectivity index (χ1n) is 15.3. The van der Waals surface area contributed by atoms with Crippen LogP contribution in [0.3, 0.4) is 0 Å². The molecule has 0 radical (unpaired) electrons. The maximum absolute atomic E-state index is 12.2. The Morgan fingerprint density at radius 2 is 1.63 bits per heavy atom. The number of nitro benzene ring substituents is 1. The molecule has 0 saturated carbocycles. The van der Waals surface area contributed by atoms with E-state index in [0.717, 1.165) is 48.6 Å². The molecule has 2 fully saturated rings. The van der Waals surface area contributed by atoms with E-state index >= 15 is 0 Å². The van der Waals surface area contributed by atoms with E-state index in [9.17, 15) is 24.8 Å². The Bertz CT molecular complexity index is 1460. The fourth-order valence-corrected chi connectivity index (χ4v) is 5.56. The molecule has 2 heterocycles. The van der Waals surface area contributed by atoms with Crippen LogP contribution in [0.5, 0.6) is 0 Å². The van der Waals surface area contributed by atoms with Crippen molar-refractivity contribution in [2.45, 2.75) is 38.4 Å². The van der Waals surface area contributed by atoms with Gasteiger partial charge in [-0.1, -0.05) is 36.4 Å². The van der Waals surface area contributed by atoms with Crippen molar-refractivity contribution in [1.29, 1.82) is 0 Å². The van der Waals surface area contributed by atoms with E-state index in [1.165, 1.54) is 12.1 Å². The number of nitrogens with zero attached hydrogens (tertiary/aromatic N) is 3. The van der Waals surface area contributed by atoms with Gasteiger partial charge in [0.15, 0.2) is 6.29 Å². The fourth-order valence-electron chi connectivity index (χ4n) is 5.56. The number of esters is 1. The summed E-state index contributed by atoms with van der Waals surface area (Å²) in [6.45, 7) is 5.60. The minimum Gasteiger partial charge on any atom is -0.465 e. The number of anilines is 2. The van der Waals surface area contributed by atoms with Gasteiger partial charge in [-0.3, -0.25) is 19.8 Å². The van der Waals surface area contributed by atoms with Crippen LogP contribution in [0.15, 0.2) is 72.8 Å². The summed E-state index contributed by atoms with van der Waals surface area (Å²) in [5.41, 5.74) is 4.20. The number of nitrogens with one attached hydrogen (secondary N) is 2. The summed E-state index contributed by atoms with van der Waals surface area (Å²) < 4.78 is 17.8. The first kappa shape index (κ1) is 32.8. The number of hydrogen-bond acceptors (Lipinski definition) is 10. The van der Waals surface area contributed by atoms with E-state index in [1.807, 2.05) is 36.4 Å². The van der Waals surface area contributed by atoms with Gasteiger partial charge in [0, 0.05) is 68.2 Å².